The number of hydrogen-bond acceptors (Lipinski definition) is 2. The van der Waals surface area contributed by atoms with Crippen molar-refractivity contribution >= 4 is 0 Å². The third kappa shape index (κ3) is 1.83. The number of likely N-dealkylation sites (tertiary alicyclic amines) is 1. The van der Waals surface area contributed by atoms with Crippen LogP contribution in [0, 0.1) is 0 Å². The van der Waals surface area contributed by atoms with Gasteiger partial charge in [0.15, 0.2) is 0 Å². The van der Waals surface area contributed by atoms with Crippen molar-refractivity contribution < 1.29 is 8.78 Å². The number of alkyl halides is 2. The smallest absolute Gasteiger partial charge is 0.256 e. The van der Waals surface area contributed by atoms with E-state index in [1.807, 2.05) is 7.05 Å². The Morgan fingerprint density at radius 2 is 2.15 bits per heavy atom. The molecule has 2 nitrogen and oxygen atoms in total. The lowest BCUT2D eigenvalue weighted by Gasteiger charge is -2.21. The molecule has 0 aromatic heterocycles. The van der Waals surface area contributed by atoms with E-state index >= 15 is 0 Å². The molecule has 1 heterocycles. The molecule has 2 fully saturated rings. The first kappa shape index (κ1) is 9.34. The fraction of sp³-hybridized carbons (Fsp3) is 1.00. The molecular formula is C9H16F2N2. The Balaban J connectivity index is 1.84. The van der Waals surface area contributed by atoms with Crippen molar-refractivity contribution in [3.05, 3.63) is 0 Å². The third-order valence-corrected chi connectivity index (χ3v) is 3.09. The minimum Gasteiger partial charge on any atom is -0.305 e. The zero-order valence-electron chi connectivity index (χ0n) is 7.89. The van der Waals surface area contributed by atoms with Gasteiger partial charge in [-0.1, -0.05) is 0 Å². The first-order valence-corrected chi connectivity index (χ1v) is 4.87. The summed E-state index contributed by atoms with van der Waals surface area (Å²) in [5, 5.41) is 3.10. The van der Waals surface area contributed by atoms with E-state index in [1.165, 1.54) is 0 Å². The molecular weight excluding hydrogens is 174 g/mol. The van der Waals surface area contributed by atoms with Gasteiger partial charge in [-0.25, -0.2) is 8.78 Å². The van der Waals surface area contributed by atoms with Gasteiger partial charge in [0, 0.05) is 12.6 Å². The van der Waals surface area contributed by atoms with Crippen molar-refractivity contribution in [3.8, 4) is 0 Å². The summed E-state index contributed by atoms with van der Waals surface area (Å²) < 4.78 is 25.1. The second-order valence-corrected chi connectivity index (χ2v) is 4.35. The predicted molar refractivity (Wildman–Crippen MR) is 47.0 cm³/mol. The highest BCUT2D eigenvalue weighted by molar-refractivity contribution is 5.06. The zero-order chi connectivity index (χ0) is 9.47. The van der Waals surface area contributed by atoms with E-state index in [2.05, 4.69) is 10.2 Å². The lowest BCUT2D eigenvalue weighted by molar-refractivity contribution is 0.0795. The van der Waals surface area contributed by atoms with Crippen molar-refractivity contribution in [1.82, 2.24) is 10.2 Å². The van der Waals surface area contributed by atoms with E-state index < -0.39 is 12.0 Å². The highest BCUT2D eigenvalue weighted by Gasteiger charge is 2.52. The van der Waals surface area contributed by atoms with Gasteiger partial charge in [0.1, 0.15) is 0 Å². The molecule has 13 heavy (non-hydrogen) atoms. The van der Waals surface area contributed by atoms with E-state index in [0.717, 1.165) is 19.5 Å². The number of halogens is 2. The van der Waals surface area contributed by atoms with Gasteiger partial charge in [0.05, 0.1) is 5.54 Å². The third-order valence-electron chi connectivity index (χ3n) is 3.09. The summed E-state index contributed by atoms with van der Waals surface area (Å²) >= 11 is 0. The summed E-state index contributed by atoms with van der Waals surface area (Å²) in [5.41, 5.74) is -0.810. The van der Waals surface area contributed by atoms with Gasteiger partial charge in [-0.15, -0.1) is 0 Å². The van der Waals surface area contributed by atoms with Crippen LogP contribution >= 0.6 is 0 Å². The summed E-state index contributed by atoms with van der Waals surface area (Å²) in [6.45, 7) is 1.94. The highest BCUT2D eigenvalue weighted by Crippen LogP contribution is 2.41. The van der Waals surface area contributed by atoms with Crippen molar-refractivity contribution in [3.63, 3.8) is 0 Å². The fourth-order valence-corrected chi connectivity index (χ4v) is 2.02. The molecule has 1 aliphatic carbocycles. The number of nitrogens with zero attached hydrogens (tertiary/aromatic N) is 1. The summed E-state index contributed by atoms with van der Waals surface area (Å²) in [6, 6.07) is 0.279. The van der Waals surface area contributed by atoms with Crippen LogP contribution < -0.4 is 5.32 Å². The molecule has 2 rings (SSSR count). The van der Waals surface area contributed by atoms with Crippen molar-refractivity contribution in [1.29, 1.82) is 0 Å². The normalized spacial score (nSPS) is 32.8. The van der Waals surface area contributed by atoms with E-state index in [0.29, 0.717) is 12.8 Å². The SMILES string of the molecule is CN1CCC(NC2(C(F)F)CC2)C1. The molecule has 0 spiro atoms. The molecule has 0 amide bonds. The van der Waals surface area contributed by atoms with Gasteiger partial charge < -0.3 is 10.2 Å². The van der Waals surface area contributed by atoms with Gasteiger partial charge in [-0.2, -0.15) is 0 Å². The Morgan fingerprint density at radius 1 is 1.46 bits per heavy atom. The molecule has 0 aromatic carbocycles. The maximum Gasteiger partial charge on any atom is 0.256 e. The molecule has 1 N–H and O–H groups in total. The first-order chi connectivity index (χ1) is 6.12. The average Bonchev–Trinajstić information content (AvgIpc) is 2.72. The van der Waals surface area contributed by atoms with Gasteiger partial charge in [-0.05, 0) is 32.9 Å². The van der Waals surface area contributed by atoms with Gasteiger partial charge in [0.25, 0.3) is 6.43 Å². The average molecular weight is 190 g/mol. The van der Waals surface area contributed by atoms with Crippen LogP contribution in [-0.2, 0) is 0 Å². The van der Waals surface area contributed by atoms with Crippen LogP contribution in [0.15, 0.2) is 0 Å². The number of hydrogen-bond donors (Lipinski definition) is 1. The van der Waals surface area contributed by atoms with Crippen LogP contribution in [-0.4, -0.2) is 43.0 Å². The molecule has 0 bridgehead atoms. The van der Waals surface area contributed by atoms with Crippen LogP contribution in [0.4, 0.5) is 8.78 Å². The highest BCUT2D eigenvalue weighted by atomic mass is 19.3. The molecule has 1 saturated carbocycles. The monoisotopic (exact) mass is 190 g/mol. The molecule has 1 atom stereocenters. The Hall–Kier alpha value is -0.220. The van der Waals surface area contributed by atoms with Crippen LogP contribution in [0.2, 0.25) is 0 Å². The Kier molecular flexibility index (Phi) is 2.28. The Labute approximate surface area is 77.3 Å². The van der Waals surface area contributed by atoms with E-state index in [1.54, 1.807) is 0 Å². The minimum absolute atomic E-state index is 0.279. The van der Waals surface area contributed by atoms with Gasteiger partial charge >= 0.3 is 0 Å². The Bertz CT molecular complexity index is 192. The first-order valence-electron chi connectivity index (χ1n) is 4.87. The van der Waals surface area contributed by atoms with Gasteiger partial charge in [0.2, 0.25) is 0 Å². The predicted octanol–water partition coefficient (Wildman–Crippen LogP) is 1.08. The molecule has 4 heteroatoms. The molecule has 2 aliphatic rings. The topological polar surface area (TPSA) is 15.3 Å². The Morgan fingerprint density at radius 3 is 2.54 bits per heavy atom. The fourth-order valence-electron chi connectivity index (χ4n) is 2.02. The van der Waals surface area contributed by atoms with Crippen LogP contribution in [0.1, 0.15) is 19.3 Å². The maximum atomic E-state index is 12.5. The molecule has 1 unspecified atom stereocenters. The largest absolute Gasteiger partial charge is 0.305 e. The van der Waals surface area contributed by atoms with Crippen molar-refractivity contribution in [2.75, 3.05) is 20.1 Å². The lowest BCUT2D eigenvalue weighted by Crippen LogP contribution is -2.45. The second kappa shape index (κ2) is 3.17. The van der Waals surface area contributed by atoms with Crippen LogP contribution in [0.5, 0.6) is 0 Å². The van der Waals surface area contributed by atoms with Crippen molar-refractivity contribution in [2.45, 2.75) is 37.3 Å². The van der Waals surface area contributed by atoms with E-state index in [4.69, 9.17) is 0 Å². The van der Waals surface area contributed by atoms with E-state index in [-0.39, 0.29) is 6.04 Å². The van der Waals surface area contributed by atoms with Crippen molar-refractivity contribution in [2.24, 2.45) is 0 Å². The van der Waals surface area contributed by atoms with Crippen LogP contribution in [0.3, 0.4) is 0 Å². The summed E-state index contributed by atoms with van der Waals surface area (Å²) in [7, 11) is 2.03. The quantitative estimate of drug-likeness (QED) is 0.716. The maximum absolute atomic E-state index is 12.5. The molecule has 0 aromatic rings. The zero-order valence-corrected chi connectivity index (χ0v) is 7.89. The summed E-state index contributed by atoms with van der Waals surface area (Å²) in [4.78, 5) is 2.18. The van der Waals surface area contributed by atoms with E-state index in [9.17, 15) is 8.78 Å². The number of rotatable bonds is 3. The minimum atomic E-state index is -2.20. The molecule has 1 saturated heterocycles. The summed E-state index contributed by atoms with van der Waals surface area (Å²) in [6.07, 6.45) is 0.0965. The molecule has 0 radical (unpaired) electrons. The lowest BCUT2D eigenvalue weighted by atomic mass is 10.2. The second-order valence-electron chi connectivity index (χ2n) is 4.35. The number of nitrogens with one attached hydrogen (secondary N) is 1. The summed E-state index contributed by atoms with van der Waals surface area (Å²) in [5.74, 6) is 0. The molecule has 76 valence electrons. The van der Waals surface area contributed by atoms with Crippen LogP contribution in [0.25, 0.3) is 0 Å². The molecule has 1 aliphatic heterocycles. The number of likely N-dealkylation sites (N-methyl/N-ethyl adjacent to an activating group) is 1. The standard InChI is InChI=1S/C9H16F2N2/c1-13-5-2-7(6-13)12-9(3-4-9)8(10)11/h7-8,12H,2-6H2,1H3. The van der Waals surface area contributed by atoms with Gasteiger partial charge in [-0.3, -0.25) is 0 Å².